The second-order valence-corrected chi connectivity index (χ2v) is 5.97. The van der Waals surface area contributed by atoms with Gasteiger partial charge >= 0.3 is 12.1 Å². The molecule has 142 valence electrons. The Hall–Kier alpha value is -3.35. The minimum atomic E-state index is -0.711. The van der Waals surface area contributed by atoms with Gasteiger partial charge in [-0.05, 0) is 49.2 Å². The predicted octanol–water partition coefficient (Wildman–Crippen LogP) is 3.30. The average molecular weight is 370 g/mol. The van der Waals surface area contributed by atoms with Crippen LogP contribution >= 0.6 is 0 Å². The maximum absolute atomic E-state index is 12.4. The monoisotopic (exact) mass is 370 g/mol. The molecule has 2 aromatic carbocycles. The van der Waals surface area contributed by atoms with E-state index in [1.807, 2.05) is 26.0 Å². The molecule has 0 spiro atoms. The van der Waals surface area contributed by atoms with Crippen LogP contribution in [-0.2, 0) is 14.3 Å². The zero-order chi connectivity index (χ0) is 20.0. The van der Waals surface area contributed by atoms with Gasteiger partial charge in [0.25, 0.3) is 5.91 Å². The zero-order valence-corrected chi connectivity index (χ0v) is 15.7. The minimum Gasteiger partial charge on any atom is -0.452 e. The fourth-order valence-electron chi connectivity index (χ4n) is 2.40. The number of rotatable bonds is 5. The molecule has 2 aromatic rings. The van der Waals surface area contributed by atoms with Crippen molar-refractivity contribution in [1.29, 1.82) is 0 Å². The number of anilines is 2. The Bertz CT molecular complexity index is 863. The third kappa shape index (κ3) is 5.07. The average Bonchev–Trinajstić information content (AvgIpc) is 2.67. The normalized spacial score (nSPS) is 10.1. The van der Waals surface area contributed by atoms with Gasteiger partial charge in [0.05, 0.1) is 18.4 Å². The van der Waals surface area contributed by atoms with E-state index in [0.29, 0.717) is 11.4 Å². The van der Waals surface area contributed by atoms with E-state index in [1.54, 1.807) is 24.3 Å². The number of nitrogens with one attached hydrogen (secondary N) is 1. The number of hydrogen-bond donors (Lipinski definition) is 1. The van der Waals surface area contributed by atoms with Gasteiger partial charge in [-0.3, -0.25) is 9.69 Å². The number of methoxy groups -OCH3 is 1. The summed E-state index contributed by atoms with van der Waals surface area (Å²) in [5, 5.41) is 2.68. The quantitative estimate of drug-likeness (QED) is 0.816. The van der Waals surface area contributed by atoms with Crippen LogP contribution in [-0.4, -0.2) is 38.7 Å². The second-order valence-electron chi connectivity index (χ2n) is 5.97. The van der Waals surface area contributed by atoms with Gasteiger partial charge in [-0.2, -0.15) is 0 Å². The zero-order valence-electron chi connectivity index (χ0n) is 15.7. The van der Waals surface area contributed by atoms with Crippen LogP contribution in [0.3, 0.4) is 0 Å². The van der Waals surface area contributed by atoms with E-state index in [0.717, 1.165) is 11.1 Å². The number of ether oxygens (including phenoxy) is 2. The fourth-order valence-corrected chi connectivity index (χ4v) is 2.40. The van der Waals surface area contributed by atoms with Gasteiger partial charge in [0.15, 0.2) is 6.61 Å². The number of carbonyl (C=O) groups is 3. The van der Waals surface area contributed by atoms with Gasteiger partial charge in [-0.25, -0.2) is 9.59 Å². The molecule has 27 heavy (non-hydrogen) atoms. The Morgan fingerprint density at radius 3 is 2.41 bits per heavy atom. The van der Waals surface area contributed by atoms with Crippen molar-refractivity contribution in [2.24, 2.45) is 0 Å². The molecule has 0 heterocycles. The number of benzene rings is 2. The Kier molecular flexibility index (Phi) is 6.54. The summed E-state index contributed by atoms with van der Waals surface area (Å²) in [5.74, 6) is -1.16. The first-order chi connectivity index (χ1) is 12.8. The highest BCUT2D eigenvalue weighted by atomic mass is 16.5. The first-order valence-electron chi connectivity index (χ1n) is 8.28. The van der Waals surface area contributed by atoms with Gasteiger partial charge in [0, 0.05) is 12.7 Å². The molecule has 2 rings (SSSR count). The largest absolute Gasteiger partial charge is 0.452 e. The summed E-state index contributed by atoms with van der Waals surface area (Å²) in [7, 11) is 2.72. The van der Waals surface area contributed by atoms with Crippen molar-refractivity contribution < 1.29 is 23.9 Å². The van der Waals surface area contributed by atoms with Crippen LogP contribution in [0.25, 0.3) is 0 Å². The van der Waals surface area contributed by atoms with Gasteiger partial charge in [-0.1, -0.05) is 18.2 Å². The Morgan fingerprint density at radius 1 is 1.04 bits per heavy atom. The van der Waals surface area contributed by atoms with Crippen LogP contribution in [0.1, 0.15) is 21.5 Å². The van der Waals surface area contributed by atoms with Crippen molar-refractivity contribution in [3.63, 3.8) is 0 Å². The minimum absolute atomic E-state index is 0.157. The number of para-hydroxylation sites is 1. The topological polar surface area (TPSA) is 84.9 Å². The van der Waals surface area contributed by atoms with Gasteiger partial charge < -0.3 is 14.8 Å². The van der Waals surface area contributed by atoms with E-state index in [-0.39, 0.29) is 5.56 Å². The molecule has 0 unspecified atom stereocenters. The van der Waals surface area contributed by atoms with E-state index in [2.05, 4.69) is 10.1 Å². The number of carbonyl (C=O) groups excluding carboxylic acids is 3. The summed E-state index contributed by atoms with van der Waals surface area (Å²) in [6, 6.07) is 11.9. The third-order valence-electron chi connectivity index (χ3n) is 4.06. The van der Waals surface area contributed by atoms with E-state index in [9.17, 15) is 14.4 Å². The Morgan fingerprint density at radius 2 is 1.74 bits per heavy atom. The van der Waals surface area contributed by atoms with Crippen molar-refractivity contribution >= 4 is 29.3 Å². The number of nitrogens with zero attached hydrogens (tertiary/aromatic N) is 1. The molecule has 2 amide bonds. The van der Waals surface area contributed by atoms with E-state index < -0.39 is 24.6 Å². The lowest BCUT2D eigenvalue weighted by molar-refractivity contribution is -0.119. The third-order valence-corrected chi connectivity index (χ3v) is 4.06. The van der Waals surface area contributed by atoms with Gasteiger partial charge in [-0.15, -0.1) is 0 Å². The summed E-state index contributed by atoms with van der Waals surface area (Å²) in [5.41, 5.74) is 3.27. The van der Waals surface area contributed by atoms with Crippen LogP contribution in [0.2, 0.25) is 0 Å². The molecule has 0 fully saturated rings. The maximum atomic E-state index is 12.4. The molecule has 0 saturated heterocycles. The molecule has 7 nitrogen and oxygen atoms in total. The molecule has 0 radical (unpaired) electrons. The molecule has 0 saturated carbocycles. The standard InChI is InChI=1S/C20H22N2O5/c1-13-9-10-15(11-14(13)2)21-18(23)12-27-19(24)16-7-5-6-8-17(16)22(3)20(25)26-4/h5-11H,12H2,1-4H3,(H,21,23). The van der Waals surface area contributed by atoms with Crippen LogP contribution in [0.4, 0.5) is 16.2 Å². The Balaban J connectivity index is 2.02. The summed E-state index contributed by atoms with van der Waals surface area (Å²) < 4.78 is 9.74. The van der Waals surface area contributed by atoms with Crippen molar-refractivity contribution in [2.75, 3.05) is 31.0 Å². The highest BCUT2D eigenvalue weighted by Crippen LogP contribution is 2.21. The Labute approximate surface area is 157 Å². The van der Waals surface area contributed by atoms with Gasteiger partial charge in [0.1, 0.15) is 0 Å². The number of esters is 1. The molecular weight excluding hydrogens is 348 g/mol. The van der Waals surface area contributed by atoms with E-state index in [4.69, 9.17) is 4.74 Å². The first-order valence-corrected chi connectivity index (χ1v) is 8.28. The molecule has 0 aliphatic carbocycles. The molecular formula is C20H22N2O5. The molecule has 7 heteroatoms. The molecule has 0 atom stereocenters. The lowest BCUT2D eigenvalue weighted by atomic mass is 10.1. The number of amides is 2. The van der Waals surface area contributed by atoms with Crippen molar-refractivity contribution in [3.05, 3.63) is 59.2 Å². The first kappa shape index (κ1) is 20.0. The molecule has 0 bridgehead atoms. The van der Waals surface area contributed by atoms with Crippen molar-refractivity contribution in [1.82, 2.24) is 0 Å². The molecule has 1 N–H and O–H groups in total. The maximum Gasteiger partial charge on any atom is 0.413 e. The van der Waals surface area contributed by atoms with Gasteiger partial charge in [0.2, 0.25) is 0 Å². The van der Waals surface area contributed by atoms with Crippen LogP contribution in [0.5, 0.6) is 0 Å². The summed E-state index contributed by atoms with van der Waals surface area (Å²) in [6.07, 6.45) is -0.622. The highest BCUT2D eigenvalue weighted by molar-refractivity contribution is 6.01. The van der Waals surface area contributed by atoms with E-state index >= 15 is 0 Å². The molecule has 0 aliphatic rings. The predicted molar refractivity (Wildman–Crippen MR) is 102 cm³/mol. The van der Waals surface area contributed by atoms with Crippen molar-refractivity contribution in [3.8, 4) is 0 Å². The number of hydrogen-bond acceptors (Lipinski definition) is 5. The SMILES string of the molecule is COC(=O)N(C)c1ccccc1C(=O)OCC(=O)Nc1ccc(C)c(C)c1. The second kappa shape index (κ2) is 8.84. The molecule has 0 aliphatic heterocycles. The summed E-state index contributed by atoms with van der Waals surface area (Å²) in [4.78, 5) is 37.3. The van der Waals surface area contributed by atoms with Crippen LogP contribution < -0.4 is 10.2 Å². The smallest absolute Gasteiger partial charge is 0.413 e. The van der Waals surface area contributed by atoms with E-state index in [1.165, 1.54) is 25.1 Å². The van der Waals surface area contributed by atoms with Crippen LogP contribution in [0.15, 0.2) is 42.5 Å². The van der Waals surface area contributed by atoms with Crippen LogP contribution in [0, 0.1) is 13.8 Å². The lowest BCUT2D eigenvalue weighted by Crippen LogP contribution is -2.28. The number of aryl methyl sites for hydroxylation is 2. The highest BCUT2D eigenvalue weighted by Gasteiger charge is 2.20. The fraction of sp³-hybridized carbons (Fsp3) is 0.250. The lowest BCUT2D eigenvalue weighted by Gasteiger charge is -2.18. The molecule has 0 aromatic heterocycles. The van der Waals surface area contributed by atoms with Crippen molar-refractivity contribution in [2.45, 2.75) is 13.8 Å². The summed E-state index contributed by atoms with van der Waals surface area (Å²) >= 11 is 0. The summed E-state index contributed by atoms with van der Waals surface area (Å²) in [6.45, 7) is 3.48.